The molecule has 0 unspecified atom stereocenters. The summed E-state index contributed by atoms with van der Waals surface area (Å²) in [6.07, 6.45) is 1.54. The highest BCUT2D eigenvalue weighted by Gasteiger charge is 2.26. The molecule has 3 heterocycles. The van der Waals surface area contributed by atoms with Crippen LogP contribution in [0.15, 0.2) is 53.2 Å². The van der Waals surface area contributed by atoms with Crippen LogP contribution >= 0.6 is 11.6 Å². The maximum absolute atomic E-state index is 13.3. The van der Waals surface area contributed by atoms with Crippen LogP contribution < -0.4 is 4.90 Å². The molecule has 0 saturated carbocycles. The van der Waals surface area contributed by atoms with E-state index in [9.17, 15) is 9.18 Å². The lowest BCUT2D eigenvalue weighted by Gasteiger charge is -2.35. The molecular weight excluding hydrogens is 395 g/mol. The molecule has 146 valence electrons. The third-order valence-corrected chi connectivity index (χ3v) is 5.48. The van der Waals surface area contributed by atoms with E-state index in [0.29, 0.717) is 37.3 Å². The zero-order chi connectivity index (χ0) is 20.0. The Bertz CT molecular complexity index is 1230. The van der Waals surface area contributed by atoms with Crippen molar-refractivity contribution in [1.29, 1.82) is 0 Å². The predicted octanol–water partition coefficient (Wildman–Crippen LogP) is 4.13. The van der Waals surface area contributed by atoms with E-state index in [4.69, 9.17) is 16.0 Å². The van der Waals surface area contributed by atoms with Gasteiger partial charge in [0, 0.05) is 31.6 Å². The molecule has 2 aromatic heterocycles. The maximum Gasteiger partial charge on any atom is 0.255 e. The number of hydrogen-bond donors (Lipinski definition) is 0. The number of piperazine rings is 1. The zero-order valence-corrected chi connectivity index (χ0v) is 16.1. The first kappa shape index (κ1) is 17.9. The van der Waals surface area contributed by atoms with E-state index < -0.39 is 5.82 Å². The molecule has 8 heteroatoms. The number of fused-ring (bicyclic) bond motifs is 3. The fourth-order valence-corrected chi connectivity index (χ4v) is 3.94. The lowest BCUT2D eigenvalue weighted by atomic mass is 10.1. The fourth-order valence-electron chi connectivity index (χ4n) is 3.69. The highest BCUT2D eigenvalue weighted by atomic mass is 35.5. The zero-order valence-electron chi connectivity index (χ0n) is 15.3. The molecule has 0 N–H and O–H groups in total. The second-order valence-electron chi connectivity index (χ2n) is 6.88. The number of benzene rings is 2. The van der Waals surface area contributed by atoms with Crippen molar-refractivity contribution in [2.45, 2.75) is 0 Å². The fraction of sp³-hybridized carbons (Fsp3) is 0.190. The van der Waals surface area contributed by atoms with E-state index in [2.05, 4.69) is 14.9 Å². The molecule has 1 saturated heterocycles. The molecule has 0 atom stereocenters. The van der Waals surface area contributed by atoms with E-state index in [1.807, 2.05) is 24.3 Å². The van der Waals surface area contributed by atoms with Gasteiger partial charge in [0.05, 0.1) is 10.6 Å². The van der Waals surface area contributed by atoms with Gasteiger partial charge in [0.25, 0.3) is 5.91 Å². The molecule has 29 heavy (non-hydrogen) atoms. The highest BCUT2D eigenvalue weighted by molar-refractivity contribution is 6.33. The summed E-state index contributed by atoms with van der Waals surface area (Å²) in [4.78, 5) is 25.4. The standard InChI is InChI=1S/C21H16ClFN4O2/c22-16-11-13(23)5-6-14(16)21(28)27-9-7-26(8-10-27)20-19-18(24-12-25-20)15-3-1-2-4-17(15)29-19/h1-6,11-12H,7-10H2. The van der Waals surface area contributed by atoms with Gasteiger partial charge < -0.3 is 14.2 Å². The number of rotatable bonds is 2. The summed E-state index contributed by atoms with van der Waals surface area (Å²) in [6, 6.07) is 11.6. The second-order valence-corrected chi connectivity index (χ2v) is 7.28. The van der Waals surface area contributed by atoms with Crippen LogP contribution in [-0.2, 0) is 0 Å². The lowest BCUT2D eigenvalue weighted by Crippen LogP contribution is -2.49. The van der Waals surface area contributed by atoms with Gasteiger partial charge in [-0.25, -0.2) is 14.4 Å². The van der Waals surface area contributed by atoms with E-state index >= 15 is 0 Å². The van der Waals surface area contributed by atoms with Crippen molar-refractivity contribution in [2.75, 3.05) is 31.1 Å². The third-order valence-electron chi connectivity index (χ3n) is 5.17. The van der Waals surface area contributed by atoms with Crippen LogP contribution in [-0.4, -0.2) is 47.0 Å². The predicted molar refractivity (Wildman–Crippen MR) is 109 cm³/mol. The highest BCUT2D eigenvalue weighted by Crippen LogP contribution is 2.32. The minimum Gasteiger partial charge on any atom is -0.450 e. The van der Waals surface area contributed by atoms with E-state index in [1.165, 1.54) is 18.5 Å². The molecule has 1 aliphatic rings. The van der Waals surface area contributed by atoms with Crippen LogP contribution in [0.2, 0.25) is 5.02 Å². The Balaban J connectivity index is 1.39. The van der Waals surface area contributed by atoms with Crippen LogP contribution in [0.4, 0.5) is 10.2 Å². The number of nitrogens with zero attached hydrogens (tertiary/aromatic N) is 4. The molecule has 2 aromatic carbocycles. The number of anilines is 1. The molecule has 0 radical (unpaired) electrons. The Labute approximate surface area is 170 Å². The molecule has 5 rings (SSSR count). The smallest absolute Gasteiger partial charge is 0.255 e. The molecule has 0 bridgehead atoms. The number of amides is 1. The van der Waals surface area contributed by atoms with Crippen LogP contribution in [0.25, 0.3) is 22.1 Å². The van der Waals surface area contributed by atoms with Crippen LogP contribution in [0.5, 0.6) is 0 Å². The Kier molecular flexibility index (Phi) is 4.32. The Morgan fingerprint density at radius 2 is 1.86 bits per heavy atom. The number of furan rings is 1. The third kappa shape index (κ3) is 3.07. The molecule has 6 nitrogen and oxygen atoms in total. The van der Waals surface area contributed by atoms with Crippen molar-refractivity contribution in [3.05, 3.63) is 65.2 Å². The molecular formula is C21H16ClFN4O2. The van der Waals surface area contributed by atoms with Gasteiger partial charge in [0.2, 0.25) is 0 Å². The molecule has 0 spiro atoms. The number of para-hydroxylation sites is 1. The van der Waals surface area contributed by atoms with Gasteiger partial charge in [-0.15, -0.1) is 0 Å². The topological polar surface area (TPSA) is 62.5 Å². The van der Waals surface area contributed by atoms with Crippen LogP contribution in [0, 0.1) is 5.82 Å². The summed E-state index contributed by atoms with van der Waals surface area (Å²) in [6.45, 7) is 2.18. The monoisotopic (exact) mass is 410 g/mol. The number of halogens is 2. The van der Waals surface area contributed by atoms with E-state index in [1.54, 1.807) is 4.90 Å². The van der Waals surface area contributed by atoms with Crippen molar-refractivity contribution >= 4 is 45.4 Å². The number of hydrogen-bond acceptors (Lipinski definition) is 5. The van der Waals surface area contributed by atoms with Gasteiger partial charge in [0.1, 0.15) is 23.2 Å². The summed E-state index contributed by atoms with van der Waals surface area (Å²) in [5.41, 5.74) is 2.50. The quantitative estimate of drug-likeness (QED) is 0.497. The molecule has 1 fully saturated rings. The Morgan fingerprint density at radius 1 is 1.07 bits per heavy atom. The normalized spacial score (nSPS) is 14.7. The van der Waals surface area contributed by atoms with Gasteiger partial charge in [-0.05, 0) is 30.3 Å². The number of aromatic nitrogens is 2. The Hall–Kier alpha value is -3.19. The molecule has 1 aliphatic heterocycles. The van der Waals surface area contributed by atoms with Gasteiger partial charge in [-0.2, -0.15) is 0 Å². The summed E-state index contributed by atoms with van der Waals surface area (Å²) >= 11 is 6.04. The number of carbonyl (C=O) groups excluding carboxylic acids is 1. The minimum atomic E-state index is -0.463. The average molecular weight is 411 g/mol. The lowest BCUT2D eigenvalue weighted by molar-refractivity contribution is 0.0746. The molecule has 1 amide bonds. The summed E-state index contributed by atoms with van der Waals surface area (Å²) in [7, 11) is 0. The van der Waals surface area contributed by atoms with E-state index in [0.717, 1.165) is 28.4 Å². The first-order chi connectivity index (χ1) is 14.1. The number of carbonyl (C=O) groups is 1. The van der Waals surface area contributed by atoms with Gasteiger partial charge >= 0.3 is 0 Å². The van der Waals surface area contributed by atoms with Crippen molar-refractivity contribution in [2.24, 2.45) is 0 Å². The van der Waals surface area contributed by atoms with Crippen molar-refractivity contribution in [1.82, 2.24) is 14.9 Å². The Morgan fingerprint density at radius 3 is 2.66 bits per heavy atom. The van der Waals surface area contributed by atoms with Crippen molar-refractivity contribution < 1.29 is 13.6 Å². The first-order valence-corrected chi connectivity index (χ1v) is 9.61. The maximum atomic E-state index is 13.3. The van der Waals surface area contributed by atoms with Crippen molar-refractivity contribution in [3.63, 3.8) is 0 Å². The minimum absolute atomic E-state index is 0.122. The van der Waals surface area contributed by atoms with E-state index in [-0.39, 0.29) is 10.9 Å². The summed E-state index contributed by atoms with van der Waals surface area (Å²) < 4.78 is 19.3. The van der Waals surface area contributed by atoms with Gasteiger partial charge in [-0.1, -0.05) is 23.7 Å². The van der Waals surface area contributed by atoms with Crippen molar-refractivity contribution in [3.8, 4) is 0 Å². The van der Waals surface area contributed by atoms with Crippen LogP contribution in [0.1, 0.15) is 10.4 Å². The van der Waals surface area contributed by atoms with Gasteiger partial charge in [-0.3, -0.25) is 4.79 Å². The largest absolute Gasteiger partial charge is 0.450 e. The molecule has 4 aromatic rings. The summed E-state index contributed by atoms with van der Waals surface area (Å²) in [5.74, 6) is 0.0549. The summed E-state index contributed by atoms with van der Waals surface area (Å²) in [5, 5.41) is 1.07. The molecule has 0 aliphatic carbocycles. The second kappa shape index (κ2) is 7.00. The van der Waals surface area contributed by atoms with Crippen LogP contribution in [0.3, 0.4) is 0 Å². The SMILES string of the molecule is O=C(c1ccc(F)cc1Cl)N1CCN(c2ncnc3c2oc2ccccc23)CC1. The van der Waals surface area contributed by atoms with Gasteiger partial charge in [0.15, 0.2) is 11.4 Å². The first-order valence-electron chi connectivity index (χ1n) is 9.23. The average Bonchev–Trinajstić information content (AvgIpc) is 3.12.